The zero-order valence-electron chi connectivity index (χ0n) is 8.57. The fraction of sp³-hybridized carbons (Fsp3) is 0.333. The van der Waals surface area contributed by atoms with E-state index in [0.717, 1.165) is 0 Å². The van der Waals surface area contributed by atoms with E-state index in [9.17, 15) is 21.6 Å². The molecule has 0 saturated heterocycles. The van der Waals surface area contributed by atoms with Crippen molar-refractivity contribution in [3.63, 3.8) is 0 Å². The van der Waals surface area contributed by atoms with Crippen molar-refractivity contribution in [2.75, 3.05) is 18.3 Å². The van der Waals surface area contributed by atoms with Crippen molar-refractivity contribution in [2.45, 2.75) is 11.1 Å². The predicted octanol–water partition coefficient (Wildman–Crippen LogP) is 1.58. The Morgan fingerprint density at radius 3 is 2.18 bits per heavy atom. The van der Waals surface area contributed by atoms with Crippen LogP contribution in [0.5, 0.6) is 0 Å². The zero-order valence-corrected chi connectivity index (χ0v) is 9.38. The third-order valence-electron chi connectivity index (χ3n) is 1.74. The SMILES string of the molecule is Nc1ccc(S(=O)(=O)COCC(F)(F)F)cc1. The van der Waals surface area contributed by atoms with Crippen molar-refractivity contribution in [3.8, 4) is 0 Å². The van der Waals surface area contributed by atoms with E-state index < -0.39 is 28.6 Å². The monoisotopic (exact) mass is 269 g/mol. The van der Waals surface area contributed by atoms with E-state index in [-0.39, 0.29) is 4.90 Å². The molecule has 0 aliphatic carbocycles. The van der Waals surface area contributed by atoms with Crippen LogP contribution in [0.15, 0.2) is 29.2 Å². The minimum Gasteiger partial charge on any atom is -0.399 e. The molecule has 0 amide bonds. The van der Waals surface area contributed by atoms with Crippen LogP contribution in [0.25, 0.3) is 0 Å². The molecule has 8 heteroatoms. The Balaban J connectivity index is 2.66. The van der Waals surface area contributed by atoms with Crippen molar-refractivity contribution in [2.24, 2.45) is 0 Å². The number of nitrogens with two attached hydrogens (primary N) is 1. The van der Waals surface area contributed by atoms with Gasteiger partial charge in [-0.3, -0.25) is 0 Å². The molecule has 4 nitrogen and oxygen atoms in total. The van der Waals surface area contributed by atoms with Gasteiger partial charge in [0.25, 0.3) is 0 Å². The largest absolute Gasteiger partial charge is 0.411 e. The zero-order chi connectivity index (χ0) is 13.1. The predicted molar refractivity (Wildman–Crippen MR) is 54.9 cm³/mol. The second-order valence-corrected chi connectivity index (χ2v) is 5.20. The molecule has 0 aliphatic rings. The molecule has 0 spiro atoms. The average Bonchev–Trinajstić information content (AvgIpc) is 2.15. The Hall–Kier alpha value is -1.28. The molecule has 0 saturated carbocycles. The number of rotatable bonds is 4. The summed E-state index contributed by atoms with van der Waals surface area (Å²) in [7, 11) is -3.88. The van der Waals surface area contributed by atoms with Crippen LogP contribution in [-0.2, 0) is 14.6 Å². The maximum Gasteiger partial charge on any atom is 0.411 e. The van der Waals surface area contributed by atoms with Gasteiger partial charge in [0.1, 0.15) is 6.61 Å². The fourth-order valence-corrected chi connectivity index (χ4v) is 2.00. The number of benzene rings is 1. The van der Waals surface area contributed by atoms with Crippen LogP contribution < -0.4 is 5.73 Å². The van der Waals surface area contributed by atoms with E-state index in [1.165, 1.54) is 24.3 Å². The minimum atomic E-state index is -4.55. The summed E-state index contributed by atoms with van der Waals surface area (Å²) in [5.41, 5.74) is 5.71. The molecule has 17 heavy (non-hydrogen) atoms. The summed E-state index contributed by atoms with van der Waals surface area (Å²) < 4.78 is 62.3. The van der Waals surface area contributed by atoms with Gasteiger partial charge in [-0.15, -0.1) is 0 Å². The number of nitrogen functional groups attached to an aromatic ring is 1. The third kappa shape index (κ3) is 4.61. The van der Waals surface area contributed by atoms with Crippen LogP contribution in [0.3, 0.4) is 0 Å². The van der Waals surface area contributed by atoms with Crippen molar-refractivity contribution in [1.29, 1.82) is 0 Å². The van der Waals surface area contributed by atoms with E-state index in [0.29, 0.717) is 5.69 Å². The Bertz CT molecular complexity index is 467. The molecule has 1 rings (SSSR count). The molecule has 1 aromatic rings. The van der Waals surface area contributed by atoms with Gasteiger partial charge in [-0.05, 0) is 24.3 Å². The summed E-state index contributed by atoms with van der Waals surface area (Å²) in [5, 5.41) is 0. The molecular formula is C9H10F3NO3S. The Morgan fingerprint density at radius 1 is 1.18 bits per heavy atom. The lowest BCUT2D eigenvalue weighted by molar-refractivity contribution is -0.169. The lowest BCUT2D eigenvalue weighted by Gasteiger charge is -2.08. The maximum atomic E-state index is 11.7. The fourth-order valence-electron chi connectivity index (χ4n) is 1.01. The Kier molecular flexibility index (Phi) is 3.99. The lowest BCUT2D eigenvalue weighted by Crippen LogP contribution is -2.20. The van der Waals surface area contributed by atoms with Crippen molar-refractivity contribution in [1.82, 2.24) is 0 Å². The normalized spacial score (nSPS) is 12.6. The van der Waals surface area contributed by atoms with Crippen LogP contribution in [-0.4, -0.2) is 27.1 Å². The van der Waals surface area contributed by atoms with Gasteiger partial charge in [-0.2, -0.15) is 13.2 Å². The van der Waals surface area contributed by atoms with Crippen LogP contribution >= 0.6 is 0 Å². The summed E-state index contributed by atoms with van der Waals surface area (Å²) in [6, 6.07) is 5.11. The Labute approximate surface area is 96.1 Å². The van der Waals surface area contributed by atoms with Crippen LogP contribution in [0.4, 0.5) is 18.9 Å². The second-order valence-electron chi connectivity index (χ2n) is 3.27. The van der Waals surface area contributed by atoms with Crippen molar-refractivity contribution in [3.05, 3.63) is 24.3 Å². The molecule has 1 aromatic carbocycles. The van der Waals surface area contributed by atoms with Gasteiger partial charge < -0.3 is 10.5 Å². The maximum absolute atomic E-state index is 11.7. The summed E-state index contributed by atoms with van der Waals surface area (Å²) >= 11 is 0. The molecule has 0 radical (unpaired) electrons. The highest BCUT2D eigenvalue weighted by Crippen LogP contribution is 2.17. The lowest BCUT2D eigenvalue weighted by atomic mass is 10.3. The van der Waals surface area contributed by atoms with Crippen molar-refractivity contribution < 1.29 is 26.3 Å². The molecular weight excluding hydrogens is 259 g/mol. The highest BCUT2D eigenvalue weighted by molar-refractivity contribution is 7.91. The summed E-state index contributed by atoms with van der Waals surface area (Å²) in [5.74, 6) is -1.02. The molecule has 2 N–H and O–H groups in total. The molecule has 0 unspecified atom stereocenters. The van der Waals surface area contributed by atoms with Crippen molar-refractivity contribution >= 4 is 15.5 Å². The first-order valence-corrected chi connectivity index (χ1v) is 6.09. The molecule has 96 valence electrons. The first kappa shape index (κ1) is 13.8. The van der Waals surface area contributed by atoms with E-state index in [2.05, 4.69) is 4.74 Å². The molecule has 0 aromatic heterocycles. The number of alkyl halides is 3. The molecule has 0 bridgehead atoms. The highest BCUT2D eigenvalue weighted by atomic mass is 32.2. The van der Waals surface area contributed by atoms with Crippen LogP contribution in [0, 0.1) is 0 Å². The van der Waals surface area contributed by atoms with E-state index in [4.69, 9.17) is 5.73 Å². The first-order valence-electron chi connectivity index (χ1n) is 4.43. The van der Waals surface area contributed by atoms with Gasteiger partial charge in [0, 0.05) is 5.69 Å². The molecule has 0 aliphatic heterocycles. The quantitative estimate of drug-likeness (QED) is 0.842. The molecule has 0 atom stereocenters. The number of sulfone groups is 1. The highest BCUT2D eigenvalue weighted by Gasteiger charge is 2.28. The van der Waals surface area contributed by atoms with E-state index in [1.807, 2.05) is 0 Å². The van der Waals surface area contributed by atoms with Crippen LogP contribution in [0.1, 0.15) is 0 Å². The minimum absolute atomic E-state index is 0.131. The second kappa shape index (κ2) is 4.92. The average molecular weight is 269 g/mol. The standard InChI is InChI=1S/C9H10F3NO3S/c10-9(11,12)5-16-6-17(14,15)8-3-1-7(13)2-4-8/h1-4H,5-6,13H2. The number of anilines is 1. The Morgan fingerprint density at radius 2 is 1.71 bits per heavy atom. The van der Waals surface area contributed by atoms with Gasteiger partial charge in [-0.25, -0.2) is 8.42 Å². The van der Waals surface area contributed by atoms with E-state index >= 15 is 0 Å². The number of hydrogen-bond donors (Lipinski definition) is 1. The molecule has 0 fully saturated rings. The third-order valence-corrected chi connectivity index (χ3v) is 3.21. The van der Waals surface area contributed by atoms with Gasteiger partial charge in [0.15, 0.2) is 5.94 Å². The first-order chi connectivity index (χ1) is 7.71. The smallest absolute Gasteiger partial charge is 0.399 e. The number of ether oxygens (including phenoxy) is 1. The van der Waals surface area contributed by atoms with Gasteiger partial charge in [-0.1, -0.05) is 0 Å². The van der Waals surface area contributed by atoms with Gasteiger partial charge in [0.05, 0.1) is 4.90 Å². The summed E-state index contributed by atoms with van der Waals surface area (Å²) in [6.07, 6.45) is -4.55. The topological polar surface area (TPSA) is 69.4 Å². The number of halogens is 3. The van der Waals surface area contributed by atoms with Crippen LogP contribution in [0.2, 0.25) is 0 Å². The summed E-state index contributed by atoms with van der Waals surface area (Å²) in [6.45, 7) is -1.60. The van der Waals surface area contributed by atoms with Gasteiger partial charge in [0.2, 0.25) is 9.84 Å². The summed E-state index contributed by atoms with van der Waals surface area (Å²) in [4.78, 5) is -0.131. The number of hydrogen-bond acceptors (Lipinski definition) is 4. The molecule has 0 heterocycles. The van der Waals surface area contributed by atoms with E-state index in [1.54, 1.807) is 0 Å². The van der Waals surface area contributed by atoms with Gasteiger partial charge >= 0.3 is 6.18 Å².